The summed E-state index contributed by atoms with van der Waals surface area (Å²) in [5.41, 5.74) is 5.08. The summed E-state index contributed by atoms with van der Waals surface area (Å²) < 4.78 is 0. The van der Waals surface area contributed by atoms with Crippen LogP contribution in [-0.4, -0.2) is 0 Å². The van der Waals surface area contributed by atoms with Crippen LogP contribution in [0, 0.1) is 0 Å². The van der Waals surface area contributed by atoms with Crippen LogP contribution in [0.3, 0.4) is 0 Å². The lowest BCUT2D eigenvalue weighted by atomic mass is 10.0. The molecule has 19 heavy (non-hydrogen) atoms. The molecule has 0 fully saturated rings. The molecule has 0 radical (unpaired) electrons. The summed E-state index contributed by atoms with van der Waals surface area (Å²) in [6.07, 6.45) is 2.05. The Hall–Kier alpha value is -1.18. The van der Waals surface area contributed by atoms with Gasteiger partial charge in [-0.2, -0.15) is 0 Å². The predicted octanol–water partition coefficient (Wildman–Crippen LogP) is 5.27. The fourth-order valence-electron chi connectivity index (χ4n) is 2.61. The number of nitrogens with one attached hydrogen (secondary N) is 1. The van der Waals surface area contributed by atoms with Crippen LogP contribution in [0.25, 0.3) is 0 Å². The molecule has 1 unspecified atom stereocenters. The van der Waals surface area contributed by atoms with E-state index in [9.17, 15) is 0 Å². The van der Waals surface area contributed by atoms with Gasteiger partial charge in [-0.1, -0.05) is 48.3 Å². The minimum absolute atomic E-state index is 0.242. The van der Waals surface area contributed by atoms with Crippen molar-refractivity contribution in [3.63, 3.8) is 0 Å². The maximum Gasteiger partial charge on any atom is 0.0569 e. The molecule has 2 aromatic carbocycles. The molecular weight excluding hydrogens is 277 g/mol. The molecule has 0 spiro atoms. The van der Waals surface area contributed by atoms with Crippen LogP contribution in [0.1, 0.15) is 29.7 Å². The van der Waals surface area contributed by atoms with Crippen LogP contribution in [0.15, 0.2) is 36.4 Å². The van der Waals surface area contributed by atoms with E-state index in [1.54, 1.807) is 6.07 Å². The minimum atomic E-state index is 0.242. The van der Waals surface area contributed by atoms with Gasteiger partial charge in [-0.25, -0.2) is 0 Å². The number of halogens is 2. The Labute approximate surface area is 123 Å². The molecule has 1 N–H and O–H groups in total. The zero-order chi connectivity index (χ0) is 13.4. The Morgan fingerprint density at radius 3 is 2.74 bits per heavy atom. The standard InChI is InChI=1S/C16H15Cl2N/c1-2-10-3-6-15-11(7-10)8-16(19-15)13-5-4-12(17)9-14(13)18/h3-7,9,16,19H,2,8H2,1H3. The Morgan fingerprint density at radius 2 is 2.00 bits per heavy atom. The smallest absolute Gasteiger partial charge is 0.0569 e. The van der Waals surface area contributed by atoms with Crippen molar-refractivity contribution >= 4 is 28.9 Å². The van der Waals surface area contributed by atoms with Crippen molar-refractivity contribution < 1.29 is 0 Å². The van der Waals surface area contributed by atoms with E-state index in [0.717, 1.165) is 23.4 Å². The van der Waals surface area contributed by atoms with Gasteiger partial charge in [0.05, 0.1) is 6.04 Å². The molecule has 0 aliphatic carbocycles. The molecule has 3 rings (SSSR count). The Bertz CT molecular complexity index is 622. The Morgan fingerprint density at radius 1 is 1.16 bits per heavy atom. The van der Waals surface area contributed by atoms with Crippen LogP contribution in [0.5, 0.6) is 0 Å². The molecule has 1 nitrogen and oxygen atoms in total. The summed E-state index contributed by atoms with van der Waals surface area (Å²) in [4.78, 5) is 0. The van der Waals surface area contributed by atoms with E-state index in [1.807, 2.05) is 12.1 Å². The molecule has 1 heterocycles. The largest absolute Gasteiger partial charge is 0.378 e. The fourth-order valence-corrected chi connectivity index (χ4v) is 3.15. The molecule has 3 heteroatoms. The van der Waals surface area contributed by atoms with E-state index >= 15 is 0 Å². The third kappa shape index (κ3) is 2.45. The molecule has 0 aromatic heterocycles. The van der Waals surface area contributed by atoms with Crippen molar-refractivity contribution in [3.8, 4) is 0 Å². The highest BCUT2D eigenvalue weighted by atomic mass is 35.5. The second-order valence-corrected chi connectivity index (χ2v) is 5.76. The zero-order valence-corrected chi connectivity index (χ0v) is 12.2. The van der Waals surface area contributed by atoms with Crippen molar-refractivity contribution in [1.82, 2.24) is 0 Å². The maximum atomic E-state index is 6.29. The fraction of sp³-hybridized carbons (Fsp3) is 0.250. The van der Waals surface area contributed by atoms with Gasteiger partial charge in [-0.15, -0.1) is 0 Å². The lowest BCUT2D eigenvalue weighted by Crippen LogP contribution is -2.06. The van der Waals surface area contributed by atoms with E-state index in [0.29, 0.717) is 5.02 Å². The van der Waals surface area contributed by atoms with Crippen molar-refractivity contribution in [1.29, 1.82) is 0 Å². The van der Waals surface area contributed by atoms with Crippen molar-refractivity contribution in [2.24, 2.45) is 0 Å². The number of hydrogen-bond acceptors (Lipinski definition) is 1. The van der Waals surface area contributed by atoms with Gasteiger partial charge in [-0.3, -0.25) is 0 Å². The van der Waals surface area contributed by atoms with Gasteiger partial charge in [-0.05, 0) is 47.7 Å². The van der Waals surface area contributed by atoms with Gasteiger partial charge in [0.25, 0.3) is 0 Å². The molecule has 0 amide bonds. The third-order valence-corrected chi connectivity index (χ3v) is 4.23. The number of benzene rings is 2. The van der Waals surface area contributed by atoms with Crippen LogP contribution >= 0.6 is 23.2 Å². The lowest BCUT2D eigenvalue weighted by Gasteiger charge is -2.13. The molecule has 1 atom stereocenters. The van der Waals surface area contributed by atoms with Gasteiger partial charge in [0.15, 0.2) is 0 Å². The maximum absolute atomic E-state index is 6.29. The highest BCUT2D eigenvalue weighted by Gasteiger charge is 2.23. The highest BCUT2D eigenvalue weighted by molar-refractivity contribution is 6.35. The first-order valence-electron chi connectivity index (χ1n) is 6.50. The molecule has 98 valence electrons. The minimum Gasteiger partial charge on any atom is -0.378 e. The average molecular weight is 292 g/mol. The molecule has 0 saturated heterocycles. The number of anilines is 1. The van der Waals surface area contributed by atoms with Crippen LogP contribution in [-0.2, 0) is 12.8 Å². The summed E-state index contributed by atoms with van der Waals surface area (Å²) in [6, 6.07) is 12.6. The summed E-state index contributed by atoms with van der Waals surface area (Å²) in [5, 5.41) is 4.94. The second kappa shape index (κ2) is 5.07. The summed E-state index contributed by atoms with van der Waals surface area (Å²) in [5.74, 6) is 0. The van der Waals surface area contributed by atoms with Gasteiger partial charge in [0.2, 0.25) is 0 Å². The highest BCUT2D eigenvalue weighted by Crippen LogP contribution is 2.37. The van der Waals surface area contributed by atoms with Crippen molar-refractivity contribution in [2.45, 2.75) is 25.8 Å². The summed E-state index contributed by atoms with van der Waals surface area (Å²) in [6.45, 7) is 2.18. The van der Waals surface area contributed by atoms with Crippen LogP contribution < -0.4 is 5.32 Å². The molecule has 1 aliphatic rings. The summed E-state index contributed by atoms with van der Waals surface area (Å²) in [7, 11) is 0. The zero-order valence-electron chi connectivity index (χ0n) is 10.7. The molecule has 0 bridgehead atoms. The summed E-state index contributed by atoms with van der Waals surface area (Å²) >= 11 is 12.2. The van der Waals surface area contributed by atoms with E-state index in [2.05, 4.69) is 30.4 Å². The van der Waals surface area contributed by atoms with Gasteiger partial charge in [0, 0.05) is 15.7 Å². The SMILES string of the molecule is CCc1ccc2c(c1)CC(c1ccc(Cl)cc1Cl)N2. The number of rotatable bonds is 2. The Balaban J connectivity index is 1.90. The van der Waals surface area contributed by atoms with Gasteiger partial charge >= 0.3 is 0 Å². The van der Waals surface area contributed by atoms with E-state index in [-0.39, 0.29) is 6.04 Å². The number of hydrogen-bond donors (Lipinski definition) is 1. The third-order valence-electron chi connectivity index (χ3n) is 3.67. The molecule has 2 aromatic rings. The molecular formula is C16H15Cl2N. The second-order valence-electron chi connectivity index (χ2n) is 4.91. The topological polar surface area (TPSA) is 12.0 Å². The first kappa shape index (κ1) is 12.8. The average Bonchev–Trinajstić information content (AvgIpc) is 2.80. The quantitative estimate of drug-likeness (QED) is 0.795. The van der Waals surface area contributed by atoms with E-state index < -0.39 is 0 Å². The van der Waals surface area contributed by atoms with E-state index in [4.69, 9.17) is 23.2 Å². The predicted molar refractivity (Wildman–Crippen MR) is 82.3 cm³/mol. The van der Waals surface area contributed by atoms with Crippen molar-refractivity contribution in [2.75, 3.05) is 5.32 Å². The number of aryl methyl sites for hydroxylation is 1. The monoisotopic (exact) mass is 291 g/mol. The molecule has 1 aliphatic heterocycles. The lowest BCUT2D eigenvalue weighted by molar-refractivity contribution is 0.824. The van der Waals surface area contributed by atoms with Gasteiger partial charge in [0.1, 0.15) is 0 Å². The van der Waals surface area contributed by atoms with Crippen LogP contribution in [0.2, 0.25) is 10.0 Å². The normalized spacial score (nSPS) is 17.1. The first-order valence-corrected chi connectivity index (χ1v) is 7.26. The van der Waals surface area contributed by atoms with Crippen LogP contribution in [0.4, 0.5) is 5.69 Å². The van der Waals surface area contributed by atoms with E-state index in [1.165, 1.54) is 16.8 Å². The Kier molecular flexibility index (Phi) is 3.42. The van der Waals surface area contributed by atoms with Gasteiger partial charge < -0.3 is 5.32 Å². The molecule has 0 saturated carbocycles. The van der Waals surface area contributed by atoms with Crippen molar-refractivity contribution in [3.05, 3.63) is 63.1 Å². The first-order chi connectivity index (χ1) is 9.17. The number of fused-ring (bicyclic) bond motifs is 1.